The van der Waals surface area contributed by atoms with Crippen LogP contribution in [0.3, 0.4) is 0 Å². The van der Waals surface area contributed by atoms with Gasteiger partial charge in [-0.15, -0.1) is 0 Å². The highest BCUT2D eigenvalue weighted by atomic mass is 16.4. The van der Waals surface area contributed by atoms with E-state index >= 15 is 0 Å². The van der Waals surface area contributed by atoms with Gasteiger partial charge in [-0.1, -0.05) is 0 Å². The maximum absolute atomic E-state index is 11.8. The highest BCUT2D eigenvalue weighted by Gasteiger charge is 2.24. The quantitative estimate of drug-likeness (QED) is 0.702. The molecule has 18 heavy (non-hydrogen) atoms. The fourth-order valence-corrected chi connectivity index (χ4v) is 2.34. The van der Waals surface area contributed by atoms with Crippen molar-refractivity contribution >= 4 is 11.9 Å². The van der Waals surface area contributed by atoms with E-state index in [1.54, 1.807) is 6.92 Å². The molecule has 1 heterocycles. The molecule has 0 spiro atoms. The highest BCUT2D eigenvalue weighted by molar-refractivity contribution is 5.76. The van der Waals surface area contributed by atoms with E-state index in [1.165, 1.54) is 0 Å². The number of piperidine rings is 1. The van der Waals surface area contributed by atoms with Gasteiger partial charge in [0.05, 0.1) is 6.10 Å². The molecule has 5 heteroatoms. The van der Waals surface area contributed by atoms with Crippen molar-refractivity contribution in [3.05, 3.63) is 0 Å². The molecule has 1 saturated heterocycles. The normalized spacial score (nSPS) is 18.7. The van der Waals surface area contributed by atoms with Crippen molar-refractivity contribution in [1.82, 2.24) is 4.90 Å². The first-order valence-corrected chi connectivity index (χ1v) is 6.68. The second kappa shape index (κ2) is 7.36. The number of hydrogen-bond acceptors (Lipinski definition) is 3. The van der Waals surface area contributed by atoms with Crippen molar-refractivity contribution in [3.8, 4) is 0 Å². The van der Waals surface area contributed by atoms with Gasteiger partial charge < -0.3 is 15.1 Å². The lowest BCUT2D eigenvalue weighted by Crippen LogP contribution is -2.40. The Bertz CT molecular complexity index is 283. The number of aliphatic hydroxyl groups excluding tert-OH is 1. The van der Waals surface area contributed by atoms with Crippen LogP contribution >= 0.6 is 0 Å². The first kappa shape index (κ1) is 15.0. The molecular weight excluding hydrogens is 234 g/mol. The molecular formula is C13H23NO4. The number of carboxylic acids is 1. The zero-order valence-electron chi connectivity index (χ0n) is 11.0. The molecule has 0 saturated carbocycles. The van der Waals surface area contributed by atoms with Gasteiger partial charge in [-0.05, 0) is 38.5 Å². The van der Waals surface area contributed by atoms with E-state index in [0.29, 0.717) is 38.3 Å². The van der Waals surface area contributed by atoms with Crippen molar-refractivity contribution in [2.24, 2.45) is 5.92 Å². The SMILES string of the molecule is CC(O)C1CCN(C(=O)CCCCC(=O)O)CC1. The van der Waals surface area contributed by atoms with Crippen molar-refractivity contribution in [2.45, 2.75) is 51.6 Å². The maximum atomic E-state index is 11.8. The summed E-state index contributed by atoms with van der Waals surface area (Å²) in [6.07, 6.45) is 3.20. The van der Waals surface area contributed by atoms with Gasteiger partial charge in [0.15, 0.2) is 0 Å². The van der Waals surface area contributed by atoms with Gasteiger partial charge in [0.25, 0.3) is 0 Å². The molecule has 1 rings (SSSR count). The lowest BCUT2D eigenvalue weighted by Gasteiger charge is -2.33. The molecule has 0 aromatic heterocycles. The molecule has 104 valence electrons. The molecule has 1 aliphatic heterocycles. The van der Waals surface area contributed by atoms with E-state index in [4.69, 9.17) is 5.11 Å². The van der Waals surface area contributed by atoms with Crippen molar-refractivity contribution < 1.29 is 19.8 Å². The lowest BCUT2D eigenvalue weighted by atomic mass is 9.92. The molecule has 1 amide bonds. The average molecular weight is 257 g/mol. The summed E-state index contributed by atoms with van der Waals surface area (Å²) in [5.74, 6) is -0.384. The molecule has 0 bridgehead atoms. The van der Waals surface area contributed by atoms with Crippen molar-refractivity contribution in [1.29, 1.82) is 0 Å². The Labute approximate surface area is 108 Å². The molecule has 0 aromatic rings. The van der Waals surface area contributed by atoms with E-state index in [1.807, 2.05) is 4.90 Å². The van der Waals surface area contributed by atoms with Crippen LogP contribution < -0.4 is 0 Å². The molecule has 1 fully saturated rings. The zero-order chi connectivity index (χ0) is 13.5. The third-order valence-electron chi connectivity index (χ3n) is 3.61. The number of hydrogen-bond donors (Lipinski definition) is 2. The molecule has 0 radical (unpaired) electrons. The summed E-state index contributed by atoms with van der Waals surface area (Å²) in [5.41, 5.74) is 0. The van der Waals surface area contributed by atoms with E-state index in [9.17, 15) is 14.7 Å². The Balaban J connectivity index is 2.18. The molecule has 1 unspecified atom stereocenters. The molecule has 0 aromatic carbocycles. The van der Waals surface area contributed by atoms with E-state index in [0.717, 1.165) is 12.8 Å². The third kappa shape index (κ3) is 5.04. The van der Waals surface area contributed by atoms with Gasteiger partial charge in [-0.25, -0.2) is 0 Å². The minimum atomic E-state index is -0.805. The Morgan fingerprint density at radius 3 is 2.28 bits per heavy atom. The van der Waals surface area contributed by atoms with Gasteiger partial charge in [0, 0.05) is 25.9 Å². The van der Waals surface area contributed by atoms with Gasteiger partial charge in [-0.3, -0.25) is 9.59 Å². The Morgan fingerprint density at radius 2 is 1.78 bits per heavy atom. The van der Waals surface area contributed by atoms with Crippen molar-refractivity contribution in [3.63, 3.8) is 0 Å². The second-order valence-electron chi connectivity index (χ2n) is 5.06. The minimum absolute atomic E-state index is 0.115. The van der Waals surface area contributed by atoms with E-state index in [2.05, 4.69) is 0 Å². The number of unbranched alkanes of at least 4 members (excludes halogenated alkanes) is 1. The summed E-state index contributed by atoms with van der Waals surface area (Å²) in [6.45, 7) is 3.23. The first-order valence-electron chi connectivity index (χ1n) is 6.68. The number of aliphatic hydroxyl groups is 1. The molecule has 1 aliphatic rings. The first-order chi connectivity index (χ1) is 8.50. The number of carbonyl (C=O) groups excluding carboxylic acids is 1. The molecule has 0 aliphatic carbocycles. The van der Waals surface area contributed by atoms with Gasteiger partial charge >= 0.3 is 5.97 Å². The maximum Gasteiger partial charge on any atom is 0.303 e. The largest absolute Gasteiger partial charge is 0.481 e. The molecule has 1 atom stereocenters. The standard InChI is InChI=1S/C13H23NO4/c1-10(15)11-6-8-14(9-7-11)12(16)4-2-3-5-13(17)18/h10-11,15H,2-9H2,1H3,(H,17,18). The smallest absolute Gasteiger partial charge is 0.303 e. The summed E-state index contributed by atoms with van der Waals surface area (Å²) in [6, 6.07) is 0. The number of nitrogens with zero attached hydrogens (tertiary/aromatic N) is 1. The van der Waals surface area contributed by atoms with Gasteiger partial charge in [0.2, 0.25) is 5.91 Å². The summed E-state index contributed by atoms with van der Waals surface area (Å²) >= 11 is 0. The summed E-state index contributed by atoms with van der Waals surface area (Å²) in [5, 5.41) is 18.0. The summed E-state index contributed by atoms with van der Waals surface area (Å²) < 4.78 is 0. The Morgan fingerprint density at radius 1 is 1.22 bits per heavy atom. The van der Waals surface area contributed by atoms with Crippen LogP contribution in [0.1, 0.15) is 45.4 Å². The van der Waals surface area contributed by atoms with Crippen LogP contribution in [-0.4, -0.2) is 46.2 Å². The summed E-state index contributed by atoms with van der Waals surface area (Å²) in [4.78, 5) is 24.0. The number of aliphatic carboxylic acids is 1. The monoisotopic (exact) mass is 257 g/mol. The second-order valence-corrected chi connectivity index (χ2v) is 5.06. The lowest BCUT2D eigenvalue weighted by molar-refractivity contribution is -0.138. The van der Waals surface area contributed by atoms with Crippen LogP contribution in [0.5, 0.6) is 0 Å². The number of carboxylic acid groups (broad SMARTS) is 1. The zero-order valence-corrected chi connectivity index (χ0v) is 11.0. The molecule has 2 N–H and O–H groups in total. The van der Waals surface area contributed by atoms with Crippen LogP contribution in [0, 0.1) is 5.92 Å². The van der Waals surface area contributed by atoms with Crippen LogP contribution in [0.15, 0.2) is 0 Å². The highest BCUT2D eigenvalue weighted by Crippen LogP contribution is 2.21. The predicted octanol–water partition coefficient (Wildman–Crippen LogP) is 1.25. The summed E-state index contributed by atoms with van der Waals surface area (Å²) in [7, 11) is 0. The topological polar surface area (TPSA) is 77.8 Å². The third-order valence-corrected chi connectivity index (χ3v) is 3.61. The Kier molecular flexibility index (Phi) is 6.12. The fourth-order valence-electron chi connectivity index (χ4n) is 2.34. The predicted molar refractivity (Wildman–Crippen MR) is 67.1 cm³/mol. The van der Waals surface area contributed by atoms with Crippen LogP contribution in [0.25, 0.3) is 0 Å². The minimum Gasteiger partial charge on any atom is -0.481 e. The number of carbonyl (C=O) groups is 2. The number of amides is 1. The van der Waals surface area contributed by atoms with E-state index < -0.39 is 5.97 Å². The number of likely N-dealkylation sites (tertiary alicyclic amines) is 1. The van der Waals surface area contributed by atoms with Crippen LogP contribution in [0.4, 0.5) is 0 Å². The van der Waals surface area contributed by atoms with Crippen LogP contribution in [0.2, 0.25) is 0 Å². The fraction of sp³-hybridized carbons (Fsp3) is 0.846. The van der Waals surface area contributed by atoms with Gasteiger partial charge in [-0.2, -0.15) is 0 Å². The van der Waals surface area contributed by atoms with Crippen LogP contribution in [-0.2, 0) is 9.59 Å². The average Bonchev–Trinajstić information content (AvgIpc) is 2.34. The Hall–Kier alpha value is -1.10. The number of rotatable bonds is 6. The van der Waals surface area contributed by atoms with E-state index in [-0.39, 0.29) is 18.4 Å². The van der Waals surface area contributed by atoms with Crippen molar-refractivity contribution in [2.75, 3.05) is 13.1 Å². The molecule has 5 nitrogen and oxygen atoms in total. The van der Waals surface area contributed by atoms with Gasteiger partial charge in [0.1, 0.15) is 0 Å².